The van der Waals surface area contributed by atoms with Crippen molar-refractivity contribution in [1.29, 1.82) is 0 Å². The molecule has 0 bridgehead atoms. The summed E-state index contributed by atoms with van der Waals surface area (Å²) in [5, 5.41) is 13.0. The number of hydrogen-bond acceptors (Lipinski definition) is 5. The summed E-state index contributed by atoms with van der Waals surface area (Å²) in [4.78, 5) is 36.0. The minimum atomic E-state index is -5.08. The summed E-state index contributed by atoms with van der Waals surface area (Å²) in [6.07, 6.45) is -2.32. The van der Waals surface area contributed by atoms with E-state index in [1.807, 2.05) is 36.9 Å². The number of nitrogens with zero attached hydrogens (tertiary/aromatic N) is 3. The molecule has 3 N–H and O–H groups in total. The molecule has 0 radical (unpaired) electrons. The molecule has 11 heteroatoms. The maximum Gasteiger partial charge on any atom is 0.490 e. The van der Waals surface area contributed by atoms with Gasteiger partial charge in [0.15, 0.2) is 0 Å². The van der Waals surface area contributed by atoms with Crippen LogP contribution in [-0.4, -0.2) is 59.3 Å². The summed E-state index contributed by atoms with van der Waals surface area (Å²) in [6, 6.07) is 5.92. The van der Waals surface area contributed by atoms with E-state index >= 15 is 0 Å². The normalized spacial score (nSPS) is 19.1. The largest absolute Gasteiger partial charge is 0.490 e. The third kappa shape index (κ3) is 6.52. The molecule has 0 aliphatic carbocycles. The number of amides is 2. The van der Waals surface area contributed by atoms with Gasteiger partial charge in [0.25, 0.3) is 5.91 Å². The number of piperidine rings is 1. The lowest BCUT2D eigenvalue weighted by Crippen LogP contribution is -2.47. The number of alkyl halides is 3. The molecule has 8 nitrogen and oxygen atoms in total. The highest BCUT2D eigenvalue weighted by Crippen LogP contribution is 2.26. The number of carboxylic acids is 1. The molecule has 0 saturated carbocycles. The van der Waals surface area contributed by atoms with Crippen LogP contribution in [-0.2, 0) is 14.4 Å². The molecule has 1 saturated heterocycles. The smallest absolute Gasteiger partial charge is 0.475 e. The summed E-state index contributed by atoms with van der Waals surface area (Å²) in [5.74, 6) is -2.52. The highest BCUT2D eigenvalue weighted by Gasteiger charge is 2.38. The van der Waals surface area contributed by atoms with Gasteiger partial charge in [0.1, 0.15) is 5.71 Å². The predicted octanol–water partition coefficient (Wildman–Crippen LogP) is 2.62. The van der Waals surface area contributed by atoms with Crippen LogP contribution in [0.3, 0.4) is 0 Å². The first-order valence-electron chi connectivity index (χ1n) is 10.2. The number of aryl methyl sites for hydroxylation is 2. The van der Waals surface area contributed by atoms with Crippen molar-refractivity contribution in [1.82, 2.24) is 4.90 Å². The molecular formula is C21H27F3N4O4. The van der Waals surface area contributed by atoms with Gasteiger partial charge in [0, 0.05) is 25.9 Å². The Labute approximate surface area is 183 Å². The van der Waals surface area contributed by atoms with Gasteiger partial charge in [-0.2, -0.15) is 18.3 Å². The van der Waals surface area contributed by atoms with E-state index in [4.69, 9.17) is 15.6 Å². The Bertz CT molecular complexity index is 902. The number of carboxylic acid groups (broad SMARTS) is 1. The number of likely N-dealkylation sites (tertiary alicyclic amines) is 1. The minimum absolute atomic E-state index is 0.0547. The van der Waals surface area contributed by atoms with Crippen molar-refractivity contribution in [3.63, 3.8) is 0 Å². The van der Waals surface area contributed by atoms with E-state index in [0.29, 0.717) is 37.6 Å². The Morgan fingerprint density at radius 1 is 1.25 bits per heavy atom. The number of hydrazone groups is 1. The SMILES string of the molecule is Cc1ccc(C)c(N2N=C(C(=O)N3CCCC(CN)C3)CCC2=O)c1.O=C(O)C(F)(F)F. The van der Waals surface area contributed by atoms with Crippen LogP contribution in [0.4, 0.5) is 18.9 Å². The summed E-state index contributed by atoms with van der Waals surface area (Å²) < 4.78 is 31.7. The number of anilines is 1. The van der Waals surface area contributed by atoms with Gasteiger partial charge < -0.3 is 15.7 Å². The van der Waals surface area contributed by atoms with Crippen LogP contribution in [0.2, 0.25) is 0 Å². The number of aliphatic carboxylic acids is 1. The van der Waals surface area contributed by atoms with E-state index in [1.165, 1.54) is 5.01 Å². The van der Waals surface area contributed by atoms with Crippen LogP contribution in [0.25, 0.3) is 0 Å². The number of carbonyl (C=O) groups is 3. The molecule has 1 aromatic rings. The fraction of sp³-hybridized carbons (Fsp3) is 0.524. The molecule has 0 aromatic heterocycles. The Balaban J connectivity index is 0.000000451. The molecule has 2 amide bonds. The van der Waals surface area contributed by atoms with Crippen LogP contribution in [0.15, 0.2) is 23.3 Å². The van der Waals surface area contributed by atoms with Crippen molar-refractivity contribution in [3.8, 4) is 0 Å². The first-order valence-corrected chi connectivity index (χ1v) is 10.2. The number of halogens is 3. The summed E-state index contributed by atoms with van der Waals surface area (Å²) in [5.41, 5.74) is 9.03. The molecule has 1 fully saturated rings. The molecule has 32 heavy (non-hydrogen) atoms. The molecule has 1 aromatic carbocycles. The third-order valence-electron chi connectivity index (χ3n) is 5.25. The molecule has 0 spiro atoms. The monoisotopic (exact) mass is 456 g/mol. The molecule has 2 aliphatic heterocycles. The maximum absolute atomic E-state index is 12.9. The van der Waals surface area contributed by atoms with Crippen LogP contribution < -0.4 is 10.7 Å². The number of benzene rings is 1. The average molecular weight is 456 g/mol. The van der Waals surface area contributed by atoms with E-state index in [9.17, 15) is 22.8 Å². The molecule has 1 unspecified atom stereocenters. The van der Waals surface area contributed by atoms with E-state index in [1.54, 1.807) is 0 Å². The standard InChI is InChI=1S/C19H26N4O2.C2HF3O2/c1-13-5-6-14(2)17(10-13)23-18(24)8-7-16(21-23)19(25)22-9-3-4-15(11-20)12-22;3-2(4,5)1(6)7/h5-6,10,15H,3-4,7-9,11-12,20H2,1-2H3;(H,6,7). The zero-order valence-electron chi connectivity index (χ0n) is 18.0. The number of rotatable bonds is 3. The van der Waals surface area contributed by atoms with Gasteiger partial charge in [-0.3, -0.25) is 9.59 Å². The van der Waals surface area contributed by atoms with Gasteiger partial charge in [0.2, 0.25) is 5.91 Å². The molecule has 176 valence electrons. The predicted molar refractivity (Wildman–Crippen MR) is 112 cm³/mol. The van der Waals surface area contributed by atoms with E-state index in [2.05, 4.69) is 5.10 Å². The Morgan fingerprint density at radius 3 is 2.50 bits per heavy atom. The van der Waals surface area contributed by atoms with E-state index in [-0.39, 0.29) is 11.8 Å². The quantitative estimate of drug-likeness (QED) is 0.725. The second-order valence-corrected chi connectivity index (χ2v) is 7.84. The molecule has 1 atom stereocenters. The molecule has 2 heterocycles. The van der Waals surface area contributed by atoms with Gasteiger partial charge in [-0.1, -0.05) is 12.1 Å². The first kappa shape index (κ1) is 25.3. The lowest BCUT2D eigenvalue weighted by molar-refractivity contribution is -0.192. The summed E-state index contributed by atoms with van der Waals surface area (Å²) in [6.45, 7) is 5.96. The topological polar surface area (TPSA) is 116 Å². The fourth-order valence-corrected chi connectivity index (χ4v) is 3.47. The molecule has 3 rings (SSSR count). The van der Waals surface area contributed by atoms with Crippen LogP contribution in [0, 0.1) is 19.8 Å². The van der Waals surface area contributed by atoms with Crippen molar-refractivity contribution in [2.75, 3.05) is 24.6 Å². The number of nitrogens with two attached hydrogens (primary N) is 1. The van der Waals surface area contributed by atoms with Gasteiger partial charge >= 0.3 is 12.1 Å². The number of hydrogen-bond donors (Lipinski definition) is 2. The Hall–Kier alpha value is -2.95. The van der Waals surface area contributed by atoms with E-state index < -0.39 is 12.1 Å². The van der Waals surface area contributed by atoms with Gasteiger partial charge in [-0.05, 0) is 56.3 Å². The van der Waals surface area contributed by atoms with Gasteiger partial charge in [-0.25, -0.2) is 9.80 Å². The second-order valence-electron chi connectivity index (χ2n) is 7.84. The minimum Gasteiger partial charge on any atom is -0.475 e. The highest BCUT2D eigenvalue weighted by atomic mass is 19.4. The molecular weight excluding hydrogens is 429 g/mol. The zero-order valence-corrected chi connectivity index (χ0v) is 18.0. The first-order chi connectivity index (χ1) is 14.9. The molecule has 2 aliphatic rings. The third-order valence-corrected chi connectivity index (χ3v) is 5.25. The summed E-state index contributed by atoms with van der Waals surface area (Å²) in [7, 11) is 0. The van der Waals surface area contributed by atoms with Crippen molar-refractivity contribution < 1.29 is 32.7 Å². The lowest BCUT2D eigenvalue weighted by Gasteiger charge is -2.33. The average Bonchev–Trinajstić information content (AvgIpc) is 2.75. The number of carbonyl (C=O) groups excluding carboxylic acids is 2. The van der Waals surface area contributed by atoms with Gasteiger partial charge in [-0.15, -0.1) is 0 Å². The van der Waals surface area contributed by atoms with Crippen LogP contribution >= 0.6 is 0 Å². The fourth-order valence-electron chi connectivity index (χ4n) is 3.47. The zero-order chi connectivity index (χ0) is 24.1. The second kappa shape index (κ2) is 10.6. The highest BCUT2D eigenvalue weighted by molar-refractivity contribution is 6.40. The van der Waals surface area contributed by atoms with E-state index in [0.717, 1.165) is 36.2 Å². The van der Waals surface area contributed by atoms with Crippen LogP contribution in [0.5, 0.6) is 0 Å². The van der Waals surface area contributed by atoms with Crippen molar-refractivity contribution in [2.24, 2.45) is 16.8 Å². The van der Waals surface area contributed by atoms with Crippen molar-refractivity contribution >= 4 is 29.2 Å². The summed E-state index contributed by atoms with van der Waals surface area (Å²) >= 11 is 0. The Morgan fingerprint density at radius 2 is 1.91 bits per heavy atom. The van der Waals surface area contributed by atoms with Crippen molar-refractivity contribution in [2.45, 2.75) is 45.7 Å². The van der Waals surface area contributed by atoms with Crippen molar-refractivity contribution in [3.05, 3.63) is 29.3 Å². The van der Waals surface area contributed by atoms with Crippen LogP contribution in [0.1, 0.15) is 36.8 Å². The van der Waals surface area contributed by atoms with Gasteiger partial charge in [0.05, 0.1) is 5.69 Å². The lowest BCUT2D eigenvalue weighted by atomic mass is 9.97. The Kier molecular flexibility index (Phi) is 8.37. The maximum atomic E-state index is 12.9.